The minimum atomic E-state index is -0.320. The molecular weight excluding hydrogens is 399 g/mol. The van der Waals surface area contributed by atoms with Crippen molar-refractivity contribution < 1.29 is 10.0 Å². The number of nitrogens with zero attached hydrogens (tertiary/aromatic N) is 3. The SMILES string of the molecule is Cc1cc(N(CCCl)CCCl)cc2c1nc(CCCCCCC(=O)NO)n2C. The second kappa shape index (κ2) is 11.5. The molecule has 8 heteroatoms. The van der Waals surface area contributed by atoms with Crippen molar-refractivity contribution in [3.05, 3.63) is 23.5 Å². The highest BCUT2D eigenvalue weighted by atomic mass is 35.5. The van der Waals surface area contributed by atoms with Crippen molar-refractivity contribution >= 4 is 45.8 Å². The lowest BCUT2D eigenvalue weighted by Crippen LogP contribution is -2.27. The first kappa shape index (κ1) is 22.8. The average Bonchev–Trinajstić information content (AvgIpc) is 3.00. The lowest BCUT2D eigenvalue weighted by atomic mass is 10.1. The molecule has 1 aromatic carbocycles. The van der Waals surface area contributed by atoms with Crippen molar-refractivity contribution in [3.63, 3.8) is 0 Å². The molecule has 1 heterocycles. The highest BCUT2D eigenvalue weighted by molar-refractivity contribution is 6.18. The number of carbonyl (C=O) groups excluding carboxylic acids is 1. The van der Waals surface area contributed by atoms with E-state index < -0.39 is 0 Å². The van der Waals surface area contributed by atoms with E-state index in [1.54, 1.807) is 5.48 Å². The third-order valence-corrected chi connectivity index (χ3v) is 5.35. The van der Waals surface area contributed by atoms with Crippen molar-refractivity contribution in [2.24, 2.45) is 7.05 Å². The molecule has 0 atom stereocenters. The van der Waals surface area contributed by atoms with E-state index in [0.29, 0.717) is 18.2 Å². The summed E-state index contributed by atoms with van der Waals surface area (Å²) in [5.74, 6) is 1.87. The number of rotatable bonds is 12. The summed E-state index contributed by atoms with van der Waals surface area (Å²) >= 11 is 11.9. The number of anilines is 1. The highest BCUT2D eigenvalue weighted by Crippen LogP contribution is 2.27. The van der Waals surface area contributed by atoms with E-state index in [0.717, 1.165) is 73.3 Å². The molecule has 0 fully saturated rings. The number of benzene rings is 1. The van der Waals surface area contributed by atoms with Gasteiger partial charge in [0.2, 0.25) is 5.91 Å². The molecule has 2 N–H and O–H groups in total. The van der Waals surface area contributed by atoms with Gasteiger partial charge in [-0.15, -0.1) is 23.2 Å². The molecule has 2 aromatic rings. The van der Waals surface area contributed by atoms with Crippen LogP contribution >= 0.6 is 23.2 Å². The van der Waals surface area contributed by atoms with Gasteiger partial charge in [0.05, 0.1) is 11.0 Å². The minimum absolute atomic E-state index is 0.320. The number of unbranched alkanes of at least 4 members (excludes halogenated alkanes) is 3. The van der Waals surface area contributed by atoms with Crippen molar-refractivity contribution in [1.82, 2.24) is 15.0 Å². The quantitative estimate of drug-likeness (QED) is 0.230. The zero-order chi connectivity index (χ0) is 20.5. The van der Waals surface area contributed by atoms with Gasteiger partial charge in [0.1, 0.15) is 5.82 Å². The topological polar surface area (TPSA) is 70.4 Å². The monoisotopic (exact) mass is 428 g/mol. The Morgan fingerprint density at radius 1 is 1.18 bits per heavy atom. The van der Waals surface area contributed by atoms with Crippen LogP contribution in [0.5, 0.6) is 0 Å². The van der Waals surface area contributed by atoms with Gasteiger partial charge < -0.3 is 9.47 Å². The highest BCUT2D eigenvalue weighted by Gasteiger charge is 2.14. The zero-order valence-corrected chi connectivity index (χ0v) is 18.2. The minimum Gasteiger partial charge on any atom is -0.369 e. The number of hydrogen-bond donors (Lipinski definition) is 2. The molecule has 0 bridgehead atoms. The number of fused-ring (bicyclic) bond motifs is 1. The standard InChI is InChI=1S/C20H30Cl2N4O2/c1-15-13-16(26(11-9-21)12-10-22)14-17-20(15)23-18(25(17)2)7-5-3-4-6-8-19(27)24-28/h13-14,28H,3-12H2,1-2H3,(H,24,27). The van der Waals surface area contributed by atoms with E-state index in [-0.39, 0.29) is 5.91 Å². The molecule has 0 radical (unpaired) electrons. The van der Waals surface area contributed by atoms with Gasteiger partial charge in [-0.05, 0) is 37.5 Å². The van der Waals surface area contributed by atoms with Crippen LogP contribution in [0.15, 0.2) is 12.1 Å². The lowest BCUT2D eigenvalue weighted by Gasteiger charge is -2.23. The van der Waals surface area contributed by atoms with Crippen molar-refractivity contribution in [2.75, 3.05) is 29.7 Å². The first-order valence-corrected chi connectivity index (χ1v) is 10.8. The van der Waals surface area contributed by atoms with Gasteiger partial charge in [-0.25, -0.2) is 10.5 Å². The third-order valence-electron chi connectivity index (χ3n) is 5.01. The summed E-state index contributed by atoms with van der Waals surface area (Å²) in [6.45, 7) is 3.62. The number of nitrogens with one attached hydrogen (secondary N) is 1. The van der Waals surface area contributed by atoms with Crippen LogP contribution in [0.1, 0.15) is 43.5 Å². The number of aryl methyl sites for hydroxylation is 3. The van der Waals surface area contributed by atoms with E-state index in [1.165, 1.54) is 0 Å². The summed E-state index contributed by atoms with van der Waals surface area (Å²) in [6.07, 6.45) is 5.08. The van der Waals surface area contributed by atoms with Crippen molar-refractivity contribution in [3.8, 4) is 0 Å². The van der Waals surface area contributed by atoms with E-state index in [1.807, 2.05) is 0 Å². The predicted octanol–water partition coefficient (Wildman–Crippen LogP) is 4.16. The summed E-state index contributed by atoms with van der Waals surface area (Å²) < 4.78 is 2.17. The molecule has 0 unspecified atom stereocenters. The molecule has 6 nitrogen and oxygen atoms in total. The molecule has 0 saturated carbocycles. The Balaban J connectivity index is 2.05. The van der Waals surface area contributed by atoms with Gasteiger partial charge in [-0.2, -0.15) is 0 Å². The normalized spacial score (nSPS) is 11.2. The maximum atomic E-state index is 11.0. The second-order valence-electron chi connectivity index (χ2n) is 7.03. The van der Waals surface area contributed by atoms with Crippen LogP contribution in [0.4, 0.5) is 5.69 Å². The summed E-state index contributed by atoms with van der Waals surface area (Å²) in [6, 6.07) is 4.33. The maximum absolute atomic E-state index is 11.0. The fourth-order valence-corrected chi connectivity index (χ4v) is 3.85. The molecule has 0 spiro atoms. The molecule has 28 heavy (non-hydrogen) atoms. The zero-order valence-electron chi connectivity index (χ0n) is 16.7. The van der Waals surface area contributed by atoms with E-state index in [2.05, 4.69) is 35.6 Å². The molecular formula is C20H30Cl2N4O2. The van der Waals surface area contributed by atoms with Gasteiger partial charge in [-0.1, -0.05) is 12.8 Å². The Bertz CT molecular complexity index is 773. The van der Waals surface area contributed by atoms with Crippen LogP contribution in [0.3, 0.4) is 0 Å². The van der Waals surface area contributed by atoms with Crippen LogP contribution in [0.25, 0.3) is 11.0 Å². The summed E-state index contributed by atoms with van der Waals surface area (Å²) in [4.78, 5) is 18.1. The van der Waals surface area contributed by atoms with Gasteiger partial charge in [0.25, 0.3) is 0 Å². The number of hydroxylamine groups is 1. The predicted molar refractivity (Wildman–Crippen MR) is 116 cm³/mol. The summed E-state index contributed by atoms with van der Waals surface area (Å²) in [5.41, 5.74) is 6.11. The molecule has 0 aliphatic heterocycles. The Hall–Kier alpha value is -1.50. The number of carbonyl (C=O) groups is 1. The number of hydrogen-bond acceptors (Lipinski definition) is 4. The van der Waals surface area contributed by atoms with Crippen LogP contribution in [0, 0.1) is 6.92 Å². The smallest absolute Gasteiger partial charge is 0.243 e. The Kier molecular flexibility index (Phi) is 9.35. The fourth-order valence-electron chi connectivity index (χ4n) is 3.44. The molecule has 1 aromatic heterocycles. The van der Waals surface area contributed by atoms with Gasteiger partial charge in [0, 0.05) is 50.4 Å². The summed E-state index contributed by atoms with van der Waals surface area (Å²) in [7, 11) is 2.06. The fraction of sp³-hybridized carbons (Fsp3) is 0.600. The number of aromatic nitrogens is 2. The van der Waals surface area contributed by atoms with Crippen LogP contribution in [-0.2, 0) is 18.3 Å². The second-order valence-corrected chi connectivity index (χ2v) is 7.79. The number of alkyl halides is 2. The van der Waals surface area contributed by atoms with Crippen LogP contribution in [0.2, 0.25) is 0 Å². The molecule has 0 aliphatic carbocycles. The Morgan fingerprint density at radius 3 is 2.50 bits per heavy atom. The van der Waals surface area contributed by atoms with Crippen molar-refractivity contribution in [1.29, 1.82) is 0 Å². The average molecular weight is 429 g/mol. The Labute approximate surface area is 176 Å². The van der Waals surface area contributed by atoms with Crippen LogP contribution < -0.4 is 10.4 Å². The molecule has 2 rings (SSSR count). The van der Waals surface area contributed by atoms with Crippen LogP contribution in [-0.4, -0.2) is 45.5 Å². The van der Waals surface area contributed by atoms with Gasteiger partial charge in [-0.3, -0.25) is 10.0 Å². The largest absolute Gasteiger partial charge is 0.369 e. The van der Waals surface area contributed by atoms with E-state index in [4.69, 9.17) is 33.4 Å². The first-order chi connectivity index (χ1) is 13.5. The Morgan fingerprint density at radius 2 is 1.86 bits per heavy atom. The van der Waals surface area contributed by atoms with Crippen molar-refractivity contribution in [2.45, 2.75) is 45.4 Å². The third kappa shape index (κ3) is 6.00. The molecule has 156 valence electrons. The number of amides is 1. The maximum Gasteiger partial charge on any atom is 0.243 e. The van der Waals surface area contributed by atoms with E-state index >= 15 is 0 Å². The lowest BCUT2D eigenvalue weighted by molar-refractivity contribution is -0.129. The van der Waals surface area contributed by atoms with Gasteiger partial charge in [0.15, 0.2) is 0 Å². The van der Waals surface area contributed by atoms with E-state index in [9.17, 15) is 4.79 Å². The molecule has 0 saturated heterocycles. The summed E-state index contributed by atoms with van der Waals surface area (Å²) in [5, 5.41) is 8.50. The first-order valence-electron chi connectivity index (χ1n) is 9.77. The number of halogens is 2. The number of imidazole rings is 1. The molecule has 0 aliphatic rings. The molecule has 1 amide bonds. The van der Waals surface area contributed by atoms with Gasteiger partial charge >= 0.3 is 0 Å².